The number of fused-ring (bicyclic) bond motifs is 1. The summed E-state index contributed by atoms with van der Waals surface area (Å²) in [4.78, 5) is 4.43. The molecule has 1 unspecified atom stereocenters. The zero-order valence-corrected chi connectivity index (χ0v) is 9.98. The van der Waals surface area contributed by atoms with Crippen LogP contribution in [0.1, 0.15) is 12.5 Å². The molecule has 0 fully saturated rings. The molecule has 0 saturated carbocycles. The topological polar surface area (TPSA) is 24.9 Å². The number of para-hydroxylation sites is 1. The molecule has 0 bridgehead atoms. The Morgan fingerprint density at radius 2 is 2.18 bits per heavy atom. The summed E-state index contributed by atoms with van der Waals surface area (Å²) in [6, 6.07) is 10.5. The number of pyridine rings is 1. The van der Waals surface area contributed by atoms with Gasteiger partial charge in [0.1, 0.15) is 0 Å². The Balaban J connectivity index is 2.11. The van der Waals surface area contributed by atoms with Crippen LogP contribution in [0.4, 0.5) is 0 Å². The summed E-state index contributed by atoms with van der Waals surface area (Å²) in [5.74, 6) is 2.66. The summed E-state index contributed by atoms with van der Waals surface area (Å²) in [6.45, 7) is 2.86. The van der Waals surface area contributed by atoms with E-state index in [1.165, 1.54) is 10.9 Å². The first-order valence-corrected chi connectivity index (χ1v) is 5.83. The van der Waals surface area contributed by atoms with Crippen molar-refractivity contribution in [2.45, 2.75) is 19.4 Å². The van der Waals surface area contributed by atoms with Crippen molar-refractivity contribution in [3.8, 4) is 12.3 Å². The number of hydrogen-bond donors (Lipinski definition) is 1. The molecule has 0 saturated heterocycles. The SMILES string of the molecule is C#CC(C)NCCc1cccc2cccnc12. The predicted octanol–water partition coefficient (Wildman–Crippen LogP) is 2.39. The first-order chi connectivity index (χ1) is 8.31. The van der Waals surface area contributed by atoms with Crippen LogP contribution < -0.4 is 5.32 Å². The molecule has 0 aliphatic heterocycles. The molecular weight excluding hydrogens is 208 g/mol. The van der Waals surface area contributed by atoms with Crippen LogP contribution in [0.25, 0.3) is 10.9 Å². The van der Waals surface area contributed by atoms with Gasteiger partial charge in [-0.1, -0.05) is 30.2 Å². The van der Waals surface area contributed by atoms with Crippen molar-refractivity contribution in [2.24, 2.45) is 0 Å². The van der Waals surface area contributed by atoms with Gasteiger partial charge in [-0.3, -0.25) is 4.98 Å². The van der Waals surface area contributed by atoms with Crippen molar-refractivity contribution >= 4 is 10.9 Å². The number of nitrogens with one attached hydrogen (secondary N) is 1. The van der Waals surface area contributed by atoms with Crippen molar-refractivity contribution in [3.05, 3.63) is 42.1 Å². The summed E-state index contributed by atoms with van der Waals surface area (Å²) in [7, 11) is 0. The van der Waals surface area contributed by atoms with Crippen LogP contribution in [0.5, 0.6) is 0 Å². The van der Waals surface area contributed by atoms with Gasteiger partial charge in [0.2, 0.25) is 0 Å². The molecule has 2 heteroatoms. The van der Waals surface area contributed by atoms with E-state index in [-0.39, 0.29) is 6.04 Å². The molecule has 1 atom stereocenters. The molecule has 1 aromatic heterocycles. The summed E-state index contributed by atoms with van der Waals surface area (Å²) in [5, 5.41) is 4.47. The fourth-order valence-corrected chi connectivity index (χ4v) is 1.85. The van der Waals surface area contributed by atoms with Gasteiger partial charge in [0.15, 0.2) is 0 Å². The highest BCUT2D eigenvalue weighted by atomic mass is 14.9. The van der Waals surface area contributed by atoms with Crippen LogP contribution in [0, 0.1) is 12.3 Å². The number of terminal acetylenes is 1. The number of nitrogens with zero attached hydrogens (tertiary/aromatic N) is 1. The third-order valence-corrected chi connectivity index (χ3v) is 2.81. The second-order valence-corrected chi connectivity index (χ2v) is 4.08. The summed E-state index contributed by atoms with van der Waals surface area (Å²) in [5.41, 5.74) is 2.35. The number of aromatic nitrogens is 1. The van der Waals surface area contributed by atoms with Crippen molar-refractivity contribution in [1.82, 2.24) is 10.3 Å². The Labute approximate surface area is 102 Å². The fraction of sp³-hybridized carbons (Fsp3) is 0.267. The zero-order valence-electron chi connectivity index (χ0n) is 9.98. The van der Waals surface area contributed by atoms with Gasteiger partial charge >= 0.3 is 0 Å². The van der Waals surface area contributed by atoms with Crippen LogP contribution in [0.2, 0.25) is 0 Å². The predicted molar refractivity (Wildman–Crippen MR) is 71.7 cm³/mol. The molecule has 0 radical (unpaired) electrons. The quantitative estimate of drug-likeness (QED) is 0.807. The van der Waals surface area contributed by atoms with Gasteiger partial charge in [-0.15, -0.1) is 6.42 Å². The second-order valence-electron chi connectivity index (χ2n) is 4.08. The minimum atomic E-state index is 0.123. The molecule has 1 heterocycles. The molecule has 0 spiro atoms. The molecule has 2 aromatic rings. The van der Waals surface area contributed by atoms with E-state index in [0.717, 1.165) is 18.5 Å². The maximum absolute atomic E-state index is 5.32. The van der Waals surface area contributed by atoms with E-state index in [2.05, 4.69) is 40.5 Å². The second kappa shape index (κ2) is 5.47. The Hall–Kier alpha value is -1.85. The van der Waals surface area contributed by atoms with E-state index in [1.54, 1.807) is 0 Å². The van der Waals surface area contributed by atoms with Gasteiger partial charge in [-0.2, -0.15) is 0 Å². The van der Waals surface area contributed by atoms with E-state index in [4.69, 9.17) is 6.42 Å². The molecule has 0 amide bonds. The highest BCUT2D eigenvalue weighted by Gasteiger charge is 2.02. The Kier molecular flexibility index (Phi) is 3.74. The average molecular weight is 224 g/mol. The standard InChI is InChI=1S/C15H16N2/c1-3-12(2)16-11-9-14-7-4-6-13-8-5-10-17-15(13)14/h1,4-8,10,12,16H,9,11H2,2H3. The van der Waals surface area contributed by atoms with E-state index >= 15 is 0 Å². The summed E-state index contributed by atoms with van der Waals surface area (Å²) >= 11 is 0. The van der Waals surface area contributed by atoms with E-state index in [1.807, 2.05) is 19.2 Å². The molecule has 1 N–H and O–H groups in total. The van der Waals surface area contributed by atoms with Gasteiger partial charge in [0, 0.05) is 18.1 Å². The third kappa shape index (κ3) is 2.83. The first-order valence-electron chi connectivity index (χ1n) is 5.83. The van der Waals surface area contributed by atoms with Gasteiger partial charge in [-0.25, -0.2) is 0 Å². The zero-order chi connectivity index (χ0) is 12.1. The normalized spacial score (nSPS) is 12.2. The minimum absolute atomic E-state index is 0.123. The Morgan fingerprint density at radius 1 is 1.35 bits per heavy atom. The lowest BCUT2D eigenvalue weighted by Gasteiger charge is -2.08. The van der Waals surface area contributed by atoms with Crippen LogP contribution in [-0.4, -0.2) is 17.6 Å². The maximum atomic E-state index is 5.32. The largest absolute Gasteiger partial charge is 0.304 e. The van der Waals surface area contributed by atoms with Gasteiger partial charge in [0.05, 0.1) is 11.6 Å². The van der Waals surface area contributed by atoms with Gasteiger partial charge in [0.25, 0.3) is 0 Å². The minimum Gasteiger partial charge on any atom is -0.304 e. The number of rotatable bonds is 4. The average Bonchev–Trinajstić information content (AvgIpc) is 2.39. The molecule has 17 heavy (non-hydrogen) atoms. The Bertz CT molecular complexity index is 535. The van der Waals surface area contributed by atoms with Crippen LogP contribution in [-0.2, 0) is 6.42 Å². The molecule has 2 nitrogen and oxygen atoms in total. The monoisotopic (exact) mass is 224 g/mol. The van der Waals surface area contributed by atoms with Gasteiger partial charge < -0.3 is 5.32 Å². The van der Waals surface area contributed by atoms with Crippen molar-refractivity contribution in [3.63, 3.8) is 0 Å². The van der Waals surface area contributed by atoms with Crippen LogP contribution in [0.15, 0.2) is 36.5 Å². The van der Waals surface area contributed by atoms with E-state index in [9.17, 15) is 0 Å². The van der Waals surface area contributed by atoms with Crippen molar-refractivity contribution in [1.29, 1.82) is 0 Å². The fourth-order valence-electron chi connectivity index (χ4n) is 1.85. The van der Waals surface area contributed by atoms with Crippen molar-refractivity contribution in [2.75, 3.05) is 6.54 Å². The Morgan fingerprint density at radius 3 is 3.00 bits per heavy atom. The lowest BCUT2D eigenvalue weighted by Crippen LogP contribution is -2.26. The first kappa shape index (κ1) is 11.6. The summed E-state index contributed by atoms with van der Waals surface area (Å²) in [6.07, 6.45) is 8.10. The van der Waals surface area contributed by atoms with E-state index < -0.39 is 0 Å². The molecule has 0 aliphatic carbocycles. The van der Waals surface area contributed by atoms with E-state index in [0.29, 0.717) is 0 Å². The molecule has 0 aliphatic rings. The summed E-state index contributed by atoms with van der Waals surface area (Å²) < 4.78 is 0. The van der Waals surface area contributed by atoms with Crippen molar-refractivity contribution < 1.29 is 0 Å². The van der Waals surface area contributed by atoms with Gasteiger partial charge in [-0.05, 0) is 25.0 Å². The highest BCUT2D eigenvalue weighted by molar-refractivity contribution is 5.81. The smallest absolute Gasteiger partial charge is 0.0734 e. The van der Waals surface area contributed by atoms with Crippen LogP contribution in [0.3, 0.4) is 0 Å². The number of hydrogen-bond acceptors (Lipinski definition) is 2. The molecular formula is C15H16N2. The molecule has 2 rings (SSSR count). The molecule has 86 valence electrons. The third-order valence-electron chi connectivity index (χ3n) is 2.81. The number of benzene rings is 1. The van der Waals surface area contributed by atoms with Crippen LogP contribution >= 0.6 is 0 Å². The lowest BCUT2D eigenvalue weighted by atomic mass is 10.1. The highest BCUT2D eigenvalue weighted by Crippen LogP contribution is 2.15. The molecule has 1 aromatic carbocycles. The lowest BCUT2D eigenvalue weighted by molar-refractivity contribution is 0.647. The maximum Gasteiger partial charge on any atom is 0.0734 e.